The molecule has 0 fully saturated rings. The number of nitrogens with one attached hydrogen (secondary N) is 1. The molecule has 0 spiro atoms. The van der Waals surface area contributed by atoms with Gasteiger partial charge in [0.2, 0.25) is 0 Å². The van der Waals surface area contributed by atoms with E-state index in [1.165, 1.54) is 0 Å². The Balaban J connectivity index is 2.53. The van der Waals surface area contributed by atoms with Crippen LogP contribution in [0.1, 0.15) is 0 Å². The Bertz CT molecular complexity index is 471. The van der Waals surface area contributed by atoms with Gasteiger partial charge in [0.25, 0.3) is 0 Å². The molecular formula is C11H10ClN3. The van der Waals surface area contributed by atoms with Gasteiger partial charge in [0.1, 0.15) is 5.69 Å². The van der Waals surface area contributed by atoms with Gasteiger partial charge in [-0.05, 0) is 12.1 Å². The van der Waals surface area contributed by atoms with Crippen LogP contribution in [0, 0.1) is 0 Å². The molecule has 15 heavy (non-hydrogen) atoms. The first-order valence-corrected chi connectivity index (χ1v) is 4.94. The number of anilines is 1. The van der Waals surface area contributed by atoms with Gasteiger partial charge in [0.05, 0.1) is 0 Å². The Morgan fingerprint density at radius 2 is 2.00 bits per heavy atom. The summed E-state index contributed by atoms with van der Waals surface area (Å²) < 4.78 is 0. The topological polar surface area (TPSA) is 37.8 Å². The second kappa shape index (κ2) is 4.28. The Labute approximate surface area is 93.1 Å². The van der Waals surface area contributed by atoms with Crippen molar-refractivity contribution >= 4 is 17.4 Å². The lowest BCUT2D eigenvalue weighted by Crippen LogP contribution is -1.97. The molecule has 1 heterocycles. The highest BCUT2D eigenvalue weighted by Gasteiger charge is 2.05. The van der Waals surface area contributed by atoms with Crippen LogP contribution in [0.5, 0.6) is 0 Å². The van der Waals surface area contributed by atoms with Crippen LogP contribution in [0.4, 0.5) is 5.82 Å². The lowest BCUT2D eigenvalue weighted by atomic mass is 10.1. The van der Waals surface area contributed by atoms with Crippen LogP contribution in [-0.4, -0.2) is 17.0 Å². The van der Waals surface area contributed by atoms with E-state index in [2.05, 4.69) is 15.3 Å². The van der Waals surface area contributed by atoms with E-state index in [-0.39, 0.29) is 0 Å². The van der Waals surface area contributed by atoms with Crippen molar-refractivity contribution < 1.29 is 0 Å². The molecule has 2 rings (SSSR count). The SMILES string of the molecule is CNc1nccnc1-c1cccc(Cl)c1. The summed E-state index contributed by atoms with van der Waals surface area (Å²) in [6.07, 6.45) is 3.32. The van der Waals surface area contributed by atoms with Gasteiger partial charge >= 0.3 is 0 Å². The quantitative estimate of drug-likeness (QED) is 0.844. The van der Waals surface area contributed by atoms with E-state index in [1.807, 2.05) is 31.3 Å². The highest BCUT2D eigenvalue weighted by atomic mass is 35.5. The van der Waals surface area contributed by atoms with Crippen LogP contribution < -0.4 is 5.32 Å². The van der Waals surface area contributed by atoms with E-state index >= 15 is 0 Å². The van der Waals surface area contributed by atoms with Crippen molar-refractivity contribution in [2.75, 3.05) is 12.4 Å². The van der Waals surface area contributed by atoms with E-state index in [0.29, 0.717) is 5.02 Å². The molecule has 76 valence electrons. The second-order valence-electron chi connectivity index (χ2n) is 3.01. The maximum Gasteiger partial charge on any atom is 0.152 e. The fourth-order valence-corrected chi connectivity index (χ4v) is 1.56. The third-order valence-electron chi connectivity index (χ3n) is 2.03. The lowest BCUT2D eigenvalue weighted by molar-refractivity contribution is 1.19. The third-order valence-corrected chi connectivity index (χ3v) is 2.27. The van der Waals surface area contributed by atoms with Gasteiger partial charge in [-0.15, -0.1) is 0 Å². The maximum atomic E-state index is 5.92. The number of benzene rings is 1. The molecule has 1 aromatic carbocycles. The average Bonchev–Trinajstić information content (AvgIpc) is 2.29. The molecule has 0 aliphatic carbocycles. The lowest BCUT2D eigenvalue weighted by Gasteiger charge is -2.06. The molecule has 1 N–H and O–H groups in total. The molecule has 0 bridgehead atoms. The molecule has 0 unspecified atom stereocenters. The van der Waals surface area contributed by atoms with Gasteiger partial charge in [-0.2, -0.15) is 0 Å². The van der Waals surface area contributed by atoms with Gasteiger partial charge in [-0.25, -0.2) is 4.98 Å². The summed E-state index contributed by atoms with van der Waals surface area (Å²) in [6, 6.07) is 7.55. The van der Waals surface area contributed by atoms with Crippen LogP contribution in [0.25, 0.3) is 11.3 Å². The highest BCUT2D eigenvalue weighted by Crippen LogP contribution is 2.25. The van der Waals surface area contributed by atoms with Gasteiger partial charge in [-0.1, -0.05) is 23.7 Å². The molecule has 1 aromatic heterocycles. The Morgan fingerprint density at radius 1 is 1.20 bits per heavy atom. The predicted molar refractivity (Wildman–Crippen MR) is 62.0 cm³/mol. The average molecular weight is 220 g/mol. The van der Waals surface area contributed by atoms with Crippen LogP contribution in [0.2, 0.25) is 5.02 Å². The molecule has 0 aliphatic heterocycles. The molecule has 0 aliphatic rings. The molecule has 4 heteroatoms. The number of aromatic nitrogens is 2. The molecule has 0 saturated heterocycles. The van der Waals surface area contributed by atoms with Gasteiger partial charge in [0, 0.05) is 30.0 Å². The molecule has 0 amide bonds. The van der Waals surface area contributed by atoms with Crippen molar-refractivity contribution in [2.45, 2.75) is 0 Å². The van der Waals surface area contributed by atoms with E-state index in [0.717, 1.165) is 17.1 Å². The standard InChI is InChI=1S/C11H10ClN3/c1-13-11-10(14-5-6-15-11)8-3-2-4-9(12)7-8/h2-7H,1H3,(H,13,15). The minimum atomic E-state index is 0.695. The third kappa shape index (κ3) is 2.07. The fraction of sp³-hybridized carbons (Fsp3) is 0.0909. The Kier molecular flexibility index (Phi) is 2.83. The molecular weight excluding hydrogens is 210 g/mol. The molecule has 0 atom stereocenters. The maximum absolute atomic E-state index is 5.92. The zero-order valence-electron chi connectivity index (χ0n) is 8.24. The van der Waals surface area contributed by atoms with Gasteiger partial charge < -0.3 is 5.32 Å². The van der Waals surface area contributed by atoms with Crippen molar-refractivity contribution in [1.29, 1.82) is 0 Å². The summed E-state index contributed by atoms with van der Waals surface area (Å²) in [7, 11) is 1.82. The normalized spacial score (nSPS) is 10.0. The minimum Gasteiger partial charge on any atom is -0.371 e. The van der Waals surface area contributed by atoms with Crippen molar-refractivity contribution in [2.24, 2.45) is 0 Å². The van der Waals surface area contributed by atoms with Crippen LogP contribution >= 0.6 is 11.6 Å². The predicted octanol–water partition coefficient (Wildman–Crippen LogP) is 2.84. The summed E-state index contributed by atoms with van der Waals surface area (Å²) in [5.74, 6) is 0.750. The zero-order valence-corrected chi connectivity index (χ0v) is 8.99. The Morgan fingerprint density at radius 3 is 2.73 bits per heavy atom. The second-order valence-corrected chi connectivity index (χ2v) is 3.45. The van der Waals surface area contributed by atoms with E-state index in [4.69, 9.17) is 11.6 Å². The van der Waals surface area contributed by atoms with Crippen molar-refractivity contribution in [3.05, 3.63) is 41.7 Å². The Hall–Kier alpha value is -1.61. The molecule has 2 aromatic rings. The summed E-state index contributed by atoms with van der Waals surface area (Å²) >= 11 is 5.92. The summed E-state index contributed by atoms with van der Waals surface area (Å²) in [5, 5.41) is 3.69. The van der Waals surface area contributed by atoms with Crippen LogP contribution in [0.15, 0.2) is 36.7 Å². The van der Waals surface area contributed by atoms with E-state index in [9.17, 15) is 0 Å². The summed E-state index contributed by atoms with van der Waals surface area (Å²) in [4.78, 5) is 8.46. The first kappa shape index (κ1) is 9.93. The fourth-order valence-electron chi connectivity index (χ4n) is 1.37. The number of hydrogen-bond acceptors (Lipinski definition) is 3. The number of hydrogen-bond donors (Lipinski definition) is 1. The largest absolute Gasteiger partial charge is 0.371 e. The zero-order chi connectivity index (χ0) is 10.7. The van der Waals surface area contributed by atoms with Gasteiger partial charge in [-0.3, -0.25) is 4.98 Å². The first-order chi connectivity index (χ1) is 7.31. The van der Waals surface area contributed by atoms with E-state index in [1.54, 1.807) is 12.4 Å². The van der Waals surface area contributed by atoms with Crippen molar-refractivity contribution in [1.82, 2.24) is 9.97 Å². The molecule has 0 radical (unpaired) electrons. The number of halogens is 1. The summed E-state index contributed by atoms with van der Waals surface area (Å²) in [5.41, 5.74) is 1.77. The first-order valence-electron chi connectivity index (χ1n) is 4.56. The van der Waals surface area contributed by atoms with Crippen molar-refractivity contribution in [3.8, 4) is 11.3 Å². The van der Waals surface area contributed by atoms with Crippen molar-refractivity contribution in [3.63, 3.8) is 0 Å². The van der Waals surface area contributed by atoms with Gasteiger partial charge in [0.15, 0.2) is 5.82 Å². The highest BCUT2D eigenvalue weighted by molar-refractivity contribution is 6.30. The minimum absolute atomic E-state index is 0.695. The number of nitrogens with zero attached hydrogens (tertiary/aromatic N) is 2. The van der Waals surface area contributed by atoms with Crippen LogP contribution in [-0.2, 0) is 0 Å². The summed E-state index contributed by atoms with van der Waals surface area (Å²) in [6.45, 7) is 0. The number of rotatable bonds is 2. The molecule has 3 nitrogen and oxygen atoms in total. The monoisotopic (exact) mass is 219 g/mol. The molecule has 0 saturated carbocycles. The smallest absolute Gasteiger partial charge is 0.152 e. The van der Waals surface area contributed by atoms with Crippen LogP contribution in [0.3, 0.4) is 0 Å². The van der Waals surface area contributed by atoms with E-state index < -0.39 is 0 Å².